The van der Waals surface area contributed by atoms with E-state index >= 15 is 0 Å². The van der Waals surface area contributed by atoms with Crippen LogP contribution in [0.4, 0.5) is 8.78 Å². The summed E-state index contributed by atoms with van der Waals surface area (Å²) in [5.74, 6) is -3.92. The Morgan fingerprint density at radius 2 is 1.77 bits per heavy atom. The molecule has 2 fully saturated rings. The molecule has 2 aromatic rings. The van der Waals surface area contributed by atoms with Gasteiger partial charge in [-0.2, -0.15) is 0 Å². The Bertz CT molecular complexity index is 1390. The number of aryl methyl sites for hydroxylation is 1. The van der Waals surface area contributed by atoms with Crippen molar-refractivity contribution in [3.05, 3.63) is 70.8 Å². The predicted octanol–water partition coefficient (Wildman–Crippen LogP) is 5.22. The zero-order chi connectivity index (χ0) is 31.3. The monoisotopic (exact) mass is 618 g/mol. The second-order valence-corrected chi connectivity index (χ2v) is 14.5. The van der Waals surface area contributed by atoms with Gasteiger partial charge in [-0.05, 0) is 67.3 Å². The van der Waals surface area contributed by atoms with Crippen LogP contribution in [0.25, 0.3) is 0 Å². The fraction of sp³-hybridized carbons (Fsp3) is 0.576. The lowest BCUT2D eigenvalue weighted by atomic mass is 9.88. The van der Waals surface area contributed by atoms with Crippen LogP contribution in [0.2, 0.25) is 0 Å². The third-order valence-corrected chi connectivity index (χ3v) is 10.8. The van der Waals surface area contributed by atoms with Crippen LogP contribution in [0.3, 0.4) is 0 Å². The average Bonchev–Trinajstić information content (AvgIpc) is 3.87. The number of benzene rings is 2. The molecular weight excluding hydrogens is 574 g/mol. The Balaban J connectivity index is 1.57. The van der Waals surface area contributed by atoms with Gasteiger partial charge in [0.15, 0.2) is 9.84 Å². The number of nitrogens with one attached hydrogen (secondary N) is 2. The van der Waals surface area contributed by atoms with E-state index in [9.17, 15) is 26.8 Å². The molecule has 0 bridgehead atoms. The van der Waals surface area contributed by atoms with E-state index in [2.05, 4.69) is 35.8 Å². The number of ether oxygens (including phenoxy) is 1. The number of sulfone groups is 1. The number of carbonyl (C=O) groups excluding carboxylic acids is 2. The van der Waals surface area contributed by atoms with Gasteiger partial charge in [0.1, 0.15) is 11.6 Å². The van der Waals surface area contributed by atoms with Gasteiger partial charge in [0.05, 0.1) is 29.6 Å². The summed E-state index contributed by atoms with van der Waals surface area (Å²) in [6.07, 6.45) is 4.32. The quantitative estimate of drug-likeness (QED) is 0.236. The van der Waals surface area contributed by atoms with Crippen LogP contribution in [-0.4, -0.2) is 50.5 Å². The van der Waals surface area contributed by atoms with Gasteiger partial charge in [-0.1, -0.05) is 44.5 Å². The summed E-state index contributed by atoms with van der Waals surface area (Å²) in [6, 6.07) is 11.8. The number of unbranched alkanes of at least 4 members (excludes halogenated alkanes) is 1. The molecule has 0 saturated heterocycles. The number of halogens is 2. The molecule has 0 radical (unpaired) electrons. The van der Waals surface area contributed by atoms with Crippen molar-refractivity contribution in [2.24, 2.45) is 11.3 Å². The molecule has 7 nitrogen and oxygen atoms in total. The lowest BCUT2D eigenvalue weighted by molar-refractivity contribution is -0.142. The Morgan fingerprint density at radius 3 is 2.40 bits per heavy atom. The fourth-order valence-electron chi connectivity index (χ4n) is 6.35. The highest BCUT2D eigenvalue weighted by molar-refractivity contribution is 7.91. The standard InChI is InChI=1S/C33H44F2N2O5S/c1-4-6-14-43(40,41)21-26(10-13-42-23(3)38)31(39)37-33(19-30(33)27-16-28(34)18-29(35)17-27)32(11-12-32)22-36-20-25-9-7-8-24(5-2)15-25/h7-9,15-18,26,30,36H,4-6,10-14,19-22H2,1-3H3,(H,37,39)/t26?,30?,33-/m1/s1. The van der Waals surface area contributed by atoms with Crippen molar-refractivity contribution >= 4 is 21.7 Å². The summed E-state index contributed by atoms with van der Waals surface area (Å²) in [7, 11) is -3.53. The summed E-state index contributed by atoms with van der Waals surface area (Å²) in [4.78, 5) is 25.3. The van der Waals surface area contributed by atoms with Crippen molar-refractivity contribution in [3.8, 4) is 0 Å². The Hall–Kier alpha value is -2.85. The molecule has 0 heterocycles. The van der Waals surface area contributed by atoms with Crippen molar-refractivity contribution in [2.45, 2.75) is 83.7 Å². The number of esters is 1. The molecule has 0 aliphatic heterocycles. The normalized spacial score (nSPS) is 21.2. The number of amides is 1. The van der Waals surface area contributed by atoms with Gasteiger partial charge in [0.2, 0.25) is 5.91 Å². The van der Waals surface area contributed by atoms with Crippen LogP contribution in [0, 0.1) is 23.0 Å². The molecule has 4 rings (SSSR count). The van der Waals surface area contributed by atoms with Crippen molar-refractivity contribution in [3.63, 3.8) is 0 Å². The Morgan fingerprint density at radius 1 is 1.07 bits per heavy atom. The minimum Gasteiger partial charge on any atom is -0.466 e. The number of hydrogen-bond donors (Lipinski definition) is 2. The van der Waals surface area contributed by atoms with E-state index in [1.807, 2.05) is 13.0 Å². The highest BCUT2D eigenvalue weighted by Crippen LogP contribution is 2.70. The third-order valence-electron chi connectivity index (χ3n) is 8.99. The Kier molecular flexibility index (Phi) is 10.6. The summed E-state index contributed by atoms with van der Waals surface area (Å²) in [5, 5.41) is 6.77. The van der Waals surface area contributed by atoms with Crippen LogP contribution < -0.4 is 10.6 Å². The molecule has 1 amide bonds. The molecule has 3 atom stereocenters. The van der Waals surface area contributed by atoms with E-state index in [4.69, 9.17) is 4.74 Å². The molecule has 2 N–H and O–H groups in total. The topological polar surface area (TPSA) is 102 Å². The van der Waals surface area contributed by atoms with Gasteiger partial charge in [-0.15, -0.1) is 0 Å². The minimum atomic E-state index is -3.53. The largest absolute Gasteiger partial charge is 0.466 e. The molecule has 2 unspecified atom stereocenters. The van der Waals surface area contributed by atoms with Gasteiger partial charge >= 0.3 is 5.97 Å². The number of rotatable bonds is 17. The van der Waals surface area contributed by atoms with Gasteiger partial charge in [0, 0.05) is 37.4 Å². The summed E-state index contributed by atoms with van der Waals surface area (Å²) < 4.78 is 59.4. The average molecular weight is 619 g/mol. The first-order chi connectivity index (χ1) is 20.4. The minimum absolute atomic E-state index is 0.0235. The maximum absolute atomic E-state index is 14.3. The molecule has 2 saturated carbocycles. The lowest BCUT2D eigenvalue weighted by Gasteiger charge is -2.32. The zero-order valence-electron chi connectivity index (χ0n) is 25.4. The summed E-state index contributed by atoms with van der Waals surface area (Å²) in [6.45, 7) is 6.42. The maximum atomic E-state index is 14.3. The van der Waals surface area contributed by atoms with Crippen molar-refractivity contribution in [1.82, 2.24) is 10.6 Å². The lowest BCUT2D eigenvalue weighted by Crippen LogP contribution is -2.51. The highest BCUT2D eigenvalue weighted by Gasteiger charge is 2.72. The van der Waals surface area contributed by atoms with Crippen LogP contribution in [-0.2, 0) is 37.1 Å². The highest BCUT2D eigenvalue weighted by atomic mass is 32.2. The van der Waals surface area contributed by atoms with Gasteiger partial charge in [-0.25, -0.2) is 17.2 Å². The number of carbonyl (C=O) groups is 2. The van der Waals surface area contributed by atoms with Crippen LogP contribution in [0.15, 0.2) is 42.5 Å². The predicted molar refractivity (Wildman–Crippen MR) is 162 cm³/mol. The third kappa shape index (κ3) is 8.41. The van der Waals surface area contributed by atoms with Crippen molar-refractivity contribution in [1.29, 1.82) is 0 Å². The first-order valence-corrected chi connectivity index (χ1v) is 17.1. The van der Waals surface area contributed by atoms with E-state index in [1.165, 1.54) is 24.6 Å². The zero-order valence-corrected chi connectivity index (χ0v) is 26.2. The molecule has 10 heteroatoms. The first kappa shape index (κ1) is 33.1. The molecule has 0 spiro atoms. The van der Waals surface area contributed by atoms with Gasteiger partial charge < -0.3 is 15.4 Å². The van der Waals surface area contributed by atoms with Crippen molar-refractivity contribution in [2.75, 3.05) is 24.7 Å². The van der Waals surface area contributed by atoms with Crippen LogP contribution in [0.5, 0.6) is 0 Å². The molecule has 43 heavy (non-hydrogen) atoms. The Labute approximate surface area is 254 Å². The van der Waals surface area contributed by atoms with E-state index in [0.29, 0.717) is 37.9 Å². The summed E-state index contributed by atoms with van der Waals surface area (Å²) >= 11 is 0. The number of hydrogen-bond acceptors (Lipinski definition) is 6. The van der Waals surface area contributed by atoms with Crippen molar-refractivity contribution < 1.29 is 31.5 Å². The van der Waals surface area contributed by atoms with Crippen LogP contribution >= 0.6 is 0 Å². The molecule has 236 valence electrons. The summed E-state index contributed by atoms with van der Waals surface area (Å²) in [5.41, 5.74) is 1.74. The van der Waals surface area contributed by atoms with E-state index in [0.717, 1.165) is 30.9 Å². The van der Waals surface area contributed by atoms with Gasteiger partial charge in [-0.3, -0.25) is 9.59 Å². The molecule has 2 aromatic carbocycles. The van der Waals surface area contributed by atoms with Gasteiger partial charge in [0.25, 0.3) is 0 Å². The van der Waals surface area contributed by atoms with E-state index in [1.54, 1.807) is 0 Å². The molecule has 2 aliphatic rings. The second-order valence-electron chi connectivity index (χ2n) is 12.3. The first-order valence-electron chi connectivity index (χ1n) is 15.3. The SMILES string of the molecule is CCCCS(=O)(=O)CC(CCOC(C)=O)C(=O)N[C@]1(C2(CNCc3cccc(CC)c3)CC2)CC1c1cc(F)cc(F)c1. The second kappa shape index (κ2) is 13.8. The smallest absolute Gasteiger partial charge is 0.302 e. The van der Waals surface area contributed by atoms with Crippen LogP contribution in [0.1, 0.15) is 81.9 Å². The molecular formula is C33H44F2N2O5S. The van der Waals surface area contributed by atoms with E-state index < -0.39 is 44.8 Å². The molecule has 2 aliphatic carbocycles. The molecule has 0 aromatic heterocycles. The fourth-order valence-corrected chi connectivity index (χ4v) is 8.17. The van der Waals surface area contributed by atoms with E-state index in [-0.39, 0.29) is 35.9 Å². The maximum Gasteiger partial charge on any atom is 0.302 e.